The van der Waals surface area contributed by atoms with E-state index in [-0.39, 0.29) is 23.7 Å². The summed E-state index contributed by atoms with van der Waals surface area (Å²) >= 11 is 5.95. The standard InChI is InChI=1S/C20H21ClN2O2/c1-23(16-8-3-2-4-9-16)20(25)18-13-17(18)19(24)22-11-10-14-6-5-7-15(21)12-14/h2-9,12,17-18H,10-11,13H2,1H3,(H,22,24). The van der Waals surface area contributed by atoms with E-state index in [0.29, 0.717) is 18.0 Å². The van der Waals surface area contributed by atoms with Crippen molar-refractivity contribution in [3.8, 4) is 0 Å². The van der Waals surface area contributed by atoms with Gasteiger partial charge in [0.1, 0.15) is 0 Å². The van der Waals surface area contributed by atoms with Crippen molar-refractivity contribution in [1.29, 1.82) is 0 Å². The summed E-state index contributed by atoms with van der Waals surface area (Å²) in [6, 6.07) is 17.1. The minimum Gasteiger partial charge on any atom is -0.356 e. The summed E-state index contributed by atoms with van der Waals surface area (Å²) in [5.74, 6) is -0.461. The van der Waals surface area contributed by atoms with Crippen LogP contribution in [0.3, 0.4) is 0 Å². The molecule has 0 aromatic heterocycles. The minimum absolute atomic E-state index is 0.00110. The van der Waals surface area contributed by atoms with Crippen LogP contribution in [0.25, 0.3) is 0 Å². The fraction of sp³-hybridized carbons (Fsp3) is 0.300. The third-order valence-electron chi connectivity index (χ3n) is 4.52. The number of hydrogen-bond acceptors (Lipinski definition) is 2. The average molecular weight is 357 g/mol. The molecule has 0 saturated heterocycles. The molecule has 25 heavy (non-hydrogen) atoms. The Balaban J connectivity index is 1.46. The van der Waals surface area contributed by atoms with Crippen LogP contribution in [-0.2, 0) is 16.0 Å². The molecule has 0 heterocycles. The van der Waals surface area contributed by atoms with Crippen LogP contribution in [-0.4, -0.2) is 25.4 Å². The molecule has 1 saturated carbocycles. The summed E-state index contributed by atoms with van der Waals surface area (Å²) in [6.45, 7) is 0.547. The first-order valence-electron chi connectivity index (χ1n) is 8.41. The monoisotopic (exact) mass is 356 g/mol. The van der Waals surface area contributed by atoms with E-state index < -0.39 is 0 Å². The van der Waals surface area contributed by atoms with Crippen LogP contribution in [0.4, 0.5) is 5.69 Å². The topological polar surface area (TPSA) is 49.4 Å². The molecule has 0 bridgehead atoms. The summed E-state index contributed by atoms with van der Waals surface area (Å²) in [5, 5.41) is 3.62. The third-order valence-corrected chi connectivity index (χ3v) is 4.76. The molecule has 0 spiro atoms. The van der Waals surface area contributed by atoms with Gasteiger partial charge in [0, 0.05) is 24.3 Å². The lowest BCUT2D eigenvalue weighted by Crippen LogP contribution is -2.32. The molecule has 130 valence electrons. The Hall–Kier alpha value is -2.33. The van der Waals surface area contributed by atoms with E-state index in [2.05, 4.69) is 5.32 Å². The summed E-state index contributed by atoms with van der Waals surface area (Å²) < 4.78 is 0. The number of para-hydroxylation sites is 1. The number of hydrogen-bond donors (Lipinski definition) is 1. The summed E-state index contributed by atoms with van der Waals surface area (Å²) in [7, 11) is 1.75. The molecule has 4 nitrogen and oxygen atoms in total. The molecule has 2 atom stereocenters. The van der Waals surface area contributed by atoms with Crippen LogP contribution in [0.2, 0.25) is 5.02 Å². The van der Waals surface area contributed by atoms with Crippen molar-refractivity contribution < 1.29 is 9.59 Å². The molecule has 2 unspecified atom stereocenters. The van der Waals surface area contributed by atoms with E-state index in [1.54, 1.807) is 11.9 Å². The predicted molar refractivity (Wildman–Crippen MR) is 99.6 cm³/mol. The van der Waals surface area contributed by atoms with Crippen LogP contribution >= 0.6 is 11.6 Å². The highest BCUT2D eigenvalue weighted by molar-refractivity contribution is 6.30. The van der Waals surface area contributed by atoms with E-state index in [1.165, 1.54) is 0 Å². The van der Waals surface area contributed by atoms with E-state index in [0.717, 1.165) is 17.7 Å². The van der Waals surface area contributed by atoms with Crippen LogP contribution in [0.1, 0.15) is 12.0 Å². The van der Waals surface area contributed by atoms with Gasteiger partial charge in [-0.2, -0.15) is 0 Å². The summed E-state index contributed by atoms with van der Waals surface area (Å²) in [6.07, 6.45) is 1.35. The van der Waals surface area contributed by atoms with E-state index in [4.69, 9.17) is 11.6 Å². The molecule has 2 aromatic carbocycles. The largest absolute Gasteiger partial charge is 0.356 e. The number of benzene rings is 2. The number of nitrogens with one attached hydrogen (secondary N) is 1. The predicted octanol–water partition coefficient (Wildman–Crippen LogP) is 3.30. The van der Waals surface area contributed by atoms with Gasteiger partial charge in [-0.05, 0) is 42.7 Å². The quantitative estimate of drug-likeness (QED) is 0.863. The molecule has 1 aliphatic carbocycles. The van der Waals surface area contributed by atoms with Gasteiger partial charge in [-0.15, -0.1) is 0 Å². The summed E-state index contributed by atoms with van der Waals surface area (Å²) in [4.78, 5) is 26.3. The SMILES string of the molecule is CN(C(=O)C1CC1C(=O)NCCc1cccc(Cl)c1)c1ccccc1. The van der Waals surface area contributed by atoms with Crippen molar-refractivity contribution in [3.05, 3.63) is 65.2 Å². The van der Waals surface area contributed by atoms with Crippen molar-refractivity contribution in [1.82, 2.24) is 5.32 Å². The zero-order valence-corrected chi connectivity index (χ0v) is 14.9. The highest BCUT2D eigenvalue weighted by Gasteiger charge is 2.49. The highest BCUT2D eigenvalue weighted by atomic mass is 35.5. The Morgan fingerprint density at radius 2 is 1.88 bits per heavy atom. The van der Waals surface area contributed by atoms with Crippen molar-refractivity contribution in [3.63, 3.8) is 0 Å². The number of carbonyl (C=O) groups excluding carboxylic acids is 2. The van der Waals surface area contributed by atoms with E-state index >= 15 is 0 Å². The Labute approximate surface area is 152 Å². The van der Waals surface area contributed by atoms with Crippen molar-refractivity contribution >= 4 is 29.1 Å². The number of carbonyl (C=O) groups is 2. The molecule has 0 aliphatic heterocycles. The maximum atomic E-state index is 12.5. The van der Waals surface area contributed by atoms with Gasteiger partial charge in [-0.1, -0.05) is 41.9 Å². The Bertz CT molecular complexity index is 763. The molecule has 2 aromatic rings. The zero-order chi connectivity index (χ0) is 17.8. The number of halogens is 1. The zero-order valence-electron chi connectivity index (χ0n) is 14.1. The lowest BCUT2D eigenvalue weighted by Gasteiger charge is -2.17. The van der Waals surface area contributed by atoms with Crippen molar-refractivity contribution in [2.75, 3.05) is 18.5 Å². The summed E-state index contributed by atoms with van der Waals surface area (Å²) in [5.41, 5.74) is 1.93. The molecule has 1 fully saturated rings. The molecule has 1 N–H and O–H groups in total. The highest BCUT2D eigenvalue weighted by Crippen LogP contribution is 2.40. The van der Waals surface area contributed by atoms with E-state index in [1.807, 2.05) is 54.6 Å². The van der Waals surface area contributed by atoms with Crippen LogP contribution < -0.4 is 10.2 Å². The smallest absolute Gasteiger partial charge is 0.230 e. The fourth-order valence-corrected chi connectivity index (χ4v) is 3.15. The molecule has 3 rings (SSSR count). The minimum atomic E-state index is -0.212. The normalized spacial score (nSPS) is 18.5. The van der Waals surface area contributed by atoms with Crippen LogP contribution in [0.15, 0.2) is 54.6 Å². The fourth-order valence-electron chi connectivity index (χ4n) is 2.94. The molecule has 0 radical (unpaired) electrons. The van der Waals surface area contributed by atoms with Crippen LogP contribution in [0, 0.1) is 11.8 Å². The van der Waals surface area contributed by atoms with Gasteiger partial charge >= 0.3 is 0 Å². The molecule has 1 aliphatic rings. The number of nitrogens with zero attached hydrogens (tertiary/aromatic N) is 1. The van der Waals surface area contributed by atoms with Gasteiger partial charge in [-0.3, -0.25) is 9.59 Å². The van der Waals surface area contributed by atoms with Crippen LogP contribution in [0.5, 0.6) is 0 Å². The average Bonchev–Trinajstić information content (AvgIpc) is 3.42. The second-order valence-electron chi connectivity index (χ2n) is 6.35. The molecule has 2 amide bonds. The lowest BCUT2D eigenvalue weighted by atomic mass is 10.1. The second-order valence-corrected chi connectivity index (χ2v) is 6.79. The first-order valence-corrected chi connectivity index (χ1v) is 8.79. The number of anilines is 1. The van der Waals surface area contributed by atoms with Gasteiger partial charge in [0.05, 0.1) is 11.8 Å². The second kappa shape index (κ2) is 7.70. The van der Waals surface area contributed by atoms with Gasteiger partial charge in [0.25, 0.3) is 0 Å². The Morgan fingerprint density at radius 1 is 1.12 bits per heavy atom. The third kappa shape index (κ3) is 4.40. The van der Waals surface area contributed by atoms with Gasteiger partial charge in [0.2, 0.25) is 11.8 Å². The molecule has 5 heteroatoms. The van der Waals surface area contributed by atoms with Gasteiger partial charge in [0.15, 0.2) is 0 Å². The molecular weight excluding hydrogens is 336 g/mol. The maximum Gasteiger partial charge on any atom is 0.230 e. The first kappa shape index (κ1) is 17.5. The van der Waals surface area contributed by atoms with Crippen molar-refractivity contribution in [2.45, 2.75) is 12.8 Å². The first-order chi connectivity index (χ1) is 12.1. The maximum absolute atomic E-state index is 12.5. The van der Waals surface area contributed by atoms with Gasteiger partial charge in [-0.25, -0.2) is 0 Å². The lowest BCUT2D eigenvalue weighted by molar-refractivity contribution is -0.125. The Kier molecular flexibility index (Phi) is 5.39. The number of amides is 2. The number of rotatable bonds is 6. The van der Waals surface area contributed by atoms with Gasteiger partial charge < -0.3 is 10.2 Å². The molecular formula is C20H21ClN2O2. The Morgan fingerprint density at radius 3 is 2.60 bits per heavy atom. The van der Waals surface area contributed by atoms with Crippen molar-refractivity contribution in [2.24, 2.45) is 11.8 Å². The van der Waals surface area contributed by atoms with E-state index in [9.17, 15) is 9.59 Å².